The molecule has 0 saturated carbocycles. The van der Waals surface area contributed by atoms with Gasteiger partial charge in [0.1, 0.15) is 11.8 Å². The molecule has 11 heteroatoms. The first kappa shape index (κ1) is 24.5. The van der Waals surface area contributed by atoms with E-state index in [1.165, 1.54) is 4.90 Å². The predicted molar refractivity (Wildman–Crippen MR) is 132 cm³/mol. The summed E-state index contributed by atoms with van der Waals surface area (Å²) in [6, 6.07) is 11.3. The fourth-order valence-corrected chi connectivity index (χ4v) is 4.45. The Morgan fingerprint density at radius 3 is 2.74 bits per heavy atom. The van der Waals surface area contributed by atoms with Gasteiger partial charge in [-0.25, -0.2) is 4.79 Å². The SMILES string of the molecule is COc1ccc(CN2C(=O)NC(CCC(=O)NC(CCSC)c3nnc4ccccn34)C2=O)cc1. The molecule has 0 spiro atoms. The Balaban J connectivity index is 1.35. The third-order valence-corrected chi connectivity index (χ3v) is 6.51. The highest BCUT2D eigenvalue weighted by Crippen LogP contribution is 2.20. The van der Waals surface area contributed by atoms with Gasteiger partial charge in [-0.2, -0.15) is 11.8 Å². The smallest absolute Gasteiger partial charge is 0.325 e. The number of hydrogen-bond donors (Lipinski definition) is 2. The molecule has 4 rings (SSSR count). The van der Waals surface area contributed by atoms with Crippen molar-refractivity contribution in [1.82, 2.24) is 30.1 Å². The number of thioether (sulfide) groups is 1. The molecule has 1 fully saturated rings. The molecule has 2 N–H and O–H groups in total. The zero-order valence-corrected chi connectivity index (χ0v) is 20.5. The molecule has 0 bridgehead atoms. The number of rotatable bonds is 11. The van der Waals surface area contributed by atoms with Gasteiger partial charge in [-0.1, -0.05) is 18.2 Å². The van der Waals surface area contributed by atoms with E-state index < -0.39 is 12.1 Å². The van der Waals surface area contributed by atoms with Gasteiger partial charge in [0.15, 0.2) is 11.5 Å². The second-order valence-corrected chi connectivity index (χ2v) is 9.19. The first-order chi connectivity index (χ1) is 17.0. The quantitative estimate of drug-likeness (QED) is 0.392. The molecule has 4 amide bonds. The van der Waals surface area contributed by atoms with Gasteiger partial charge < -0.3 is 15.4 Å². The molecule has 0 aliphatic carbocycles. The summed E-state index contributed by atoms with van der Waals surface area (Å²) in [4.78, 5) is 39.2. The number of ether oxygens (including phenoxy) is 1. The van der Waals surface area contributed by atoms with Crippen LogP contribution in [0.3, 0.4) is 0 Å². The first-order valence-corrected chi connectivity index (χ1v) is 12.7. The number of carbonyl (C=O) groups excluding carboxylic acids is 3. The minimum absolute atomic E-state index is 0.0968. The van der Waals surface area contributed by atoms with Crippen molar-refractivity contribution in [1.29, 1.82) is 0 Å². The maximum absolute atomic E-state index is 12.8. The Morgan fingerprint density at radius 2 is 2.00 bits per heavy atom. The van der Waals surface area contributed by atoms with E-state index in [1.807, 2.05) is 47.2 Å². The number of carbonyl (C=O) groups is 3. The van der Waals surface area contributed by atoms with Gasteiger partial charge in [0.05, 0.1) is 19.7 Å². The van der Waals surface area contributed by atoms with Crippen LogP contribution in [0.1, 0.15) is 36.7 Å². The Bertz CT molecular complexity index is 1200. The summed E-state index contributed by atoms with van der Waals surface area (Å²) < 4.78 is 7.00. The van der Waals surface area contributed by atoms with E-state index in [1.54, 1.807) is 31.0 Å². The number of amides is 4. The van der Waals surface area contributed by atoms with Crippen LogP contribution in [0.5, 0.6) is 5.75 Å². The minimum atomic E-state index is -0.731. The van der Waals surface area contributed by atoms with Crippen molar-refractivity contribution in [3.05, 3.63) is 60.0 Å². The van der Waals surface area contributed by atoms with E-state index >= 15 is 0 Å². The van der Waals surface area contributed by atoms with Crippen LogP contribution in [0.25, 0.3) is 5.65 Å². The molecule has 1 aromatic carbocycles. The molecule has 2 atom stereocenters. The first-order valence-electron chi connectivity index (χ1n) is 11.3. The number of hydrogen-bond acceptors (Lipinski definition) is 7. The molecule has 10 nitrogen and oxygen atoms in total. The second kappa shape index (κ2) is 11.2. The molecule has 2 aromatic heterocycles. The molecule has 2 unspecified atom stereocenters. The molecule has 1 saturated heterocycles. The lowest BCUT2D eigenvalue weighted by molar-refractivity contribution is -0.128. The van der Waals surface area contributed by atoms with E-state index in [0.29, 0.717) is 23.6 Å². The number of aromatic nitrogens is 3. The molecule has 1 aliphatic rings. The van der Waals surface area contributed by atoms with Crippen molar-refractivity contribution in [3.8, 4) is 5.75 Å². The highest BCUT2D eigenvalue weighted by atomic mass is 32.2. The normalized spacial score (nSPS) is 16.4. The van der Waals surface area contributed by atoms with Gasteiger partial charge in [0.25, 0.3) is 5.91 Å². The molecular weight excluding hydrogens is 468 g/mol. The summed E-state index contributed by atoms with van der Waals surface area (Å²) in [6.45, 7) is 0.161. The lowest BCUT2D eigenvalue weighted by Crippen LogP contribution is -2.34. The van der Waals surface area contributed by atoms with E-state index in [-0.39, 0.29) is 37.2 Å². The zero-order valence-electron chi connectivity index (χ0n) is 19.6. The largest absolute Gasteiger partial charge is 0.497 e. The monoisotopic (exact) mass is 496 g/mol. The number of fused-ring (bicyclic) bond motifs is 1. The van der Waals surface area contributed by atoms with Crippen LogP contribution in [0.15, 0.2) is 48.7 Å². The van der Waals surface area contributed by atoms with E-state index in [9.17, 15) is 14.4 Å². The van der Waals surface area contributed by atoms with Gasteiger partial charge in [-0.3, -0.25) is 18.9 Å². The van der Waals surface area contributed by atoms with Crippen LogP contribution in [0.2, 0.25) is 0 Å². The number of nitrogens with zero attached hydrogens (tertiary/aromatic N) is 4. The molecule has 1 aliphatic heterocycles. The number of methoxy groups -OCH3 is 1. The Hall–Kier alpha value is -3.60. The van der Waals surface area contributed by atoms with Gasteiger partial charge in [0.2, 0.25) is 5.91 Å². The maximum Gasteiger partial charge on any atom is 0.325 e. The van der Waals surface area contributed by atoms with Crippen molar-refractivity contribution < 1.29 is 19.1 Å². The van der Waals surface area contributed by atoms with Crippen LogP contribution in [-0.4, -0.2) is 62.5 Å². The number of imide groups is 1. The molecular formula is C24H28N6O4S. The minimum Gasteiger partial charge on any atom is -0.497 e. The number of pyridine rings is 1. The van der Waals surface area contributed by atoms with Crippen LogP contribution >= 0.6 is 11.8 Å². The molecule has 3 heterocycles. The fourth-order valence-electron chi connectivity index (χ4n) is 3.98. The van der Waals surface area contributed by atoms with Gasteiger partial charge in [-0.05, 0) is 54.7 Å². The summed E-state index contributed by atoms with van der Waals surface area (Å²) in [5.74, 6) is 1.66. The van der Waals surface area contributed by atoms with E-state index in [4.69, 9.17) is 4.74 Å². The third-order valence-electron chi connectivity index (χ3n) is 5.86. The Morgan fingerprint density at radius 1 is 1.20 bits per heavy atom. The van der Waals surface area contributed by atoms with Crippen molar-refractivity contribution in [3.63, 3.8) is 0 Å². The average Bonchev–Trinajstić information content (AvgIpc) is 3.42. The van der Waals surface area contributed by atoms with Crippen molar-refractivity contribution in [2.75, 3.05) is 19.1 Å². The summed E-state index contributed by atoms with van der Waals surface area (Å²) >= 11 is 1.68. The van der Waals surface area contributed by atoms with Gasteiger partial charge in [-0.15, -0.1) is 10.2 Å². The Labute approximate surface area is 207 Å². The zero-order chi connectivity index (χ0) is 24.8. The molecule has 3 aromatic rings. The predicted octanol–water partition coefficient (Wildman–Crippen LogP) is 2.55. The van der Waals surface area contributed by atoms with Crippen molar-refractivity contribution in [2.24, 2.45) is 0 Å². The molecule has 184 valence electrons. The average molecular weight is 497 g/mol. The lowest BCUT2D eigenvalue weighted by atomic mass is 10.1. The van der Waals surface area contributed by atoms with Gasteiger partial charge >= 0.3 is 6.03 Å². The highest BCUT2D eigenvalue weighted by Gasteiger charge is 2.38. The molecule has 0 radical (unpaired) electrons. The van der Waals surface area contributed by atoms with E-state index in [0.717, 1.165) is 11.3 Å². The Kier molecular flexibility index (Phi) is 7.86. The van der Waals surface area contributed by atoms with Crippen molar-refractivity contribution in [2.45, 2.75) is 37.9 Å². The standard InChI is InChI=1S/C24H28N6O4S/c1-34-17-8-6-16(7-9-17)15-30-23(32)19(26-24(30)33)10-11-21(31)25-18(12-14-35-2)22-28-27-20-5-3-4-13-29(20)22/h3-9,13,18-19H,10-12,14-15H2,1-2H3,(H,25,31)(H,26,33). The summed E-state index contributed by atoms with van der Waals surface area (Å²) in [6.07, 6.45) is 4.88. The van der Waals surface area contributed by atoms with E-state index in [2.05, 4.69) is 20.8 Å². The van der Waals surface area contributed by atoms with Crippen molar-refractivity contribution >= 4 is 35.3 Å². The van der Waals surface area contributed by atoms with Crippen LogP contribution in [0.4, 0.5) is 4.79 Å². The number of nitrogens with one attached hydrogen (secondary N) is 2. The summed E-state index contributed by atoms with van der Waals surface area (Å²) in [5.41, 5.74) is 1.52. The van der Waals surface area contributed by atoms with Gasteiger partial charge in [0, 0.05) is 12.6 Å². The number of urea groups is 1. The summed E-state index contributed by atoms with van der Waals surface area (Å²) in [5, 5.41) is 14.2. The van der Waals surface area contributed by atoms with Crippen LogP contribution in [-0.2, 0) is 16.1 Å². The molecule has 35 heavy (non-hydrogen) atoms. The van der Waals surface area contributed by atoms with Crippen LogP contribution < -0.4 is 15.4 Å². The number of benzene rings is 1. The third kappa shape index (κ3) is 5.73. The highest BCUT2D eigenvalue weighted by molar-refractivity contribution is 7.98. The fraction of sp³-hybridized carbons (Fsp3) is 0.375. The topological polar surface area (TPSA) is 118 Å². The summed E-state index contributed by atoms with van der Waals surface area (Å²) in [7, 11) is 1.58. The lowest BCUT2D eigenvalue weighted by Gasteiger charge is -2.17. The van der Waals surface area contributed by atoms with Crippen LogP contribution in [0, 0.1) is 0 Å². The second-order valence-electron chi connectivity index (χ2n) is 8.20. The maximum atomic E-state index is 12.8.